The van der Waals surface area contributed by atoms with Gasteiger partial charge in [-0.1, -0.05) is 31.9 Å². The molecule has 2 heterocycles. The summed E-state index contributed by atoms with van der Waals surface area (Å²) in [5.41, 5.74) is 3.13. The molecule has 0 aliphatic rings. The summed E-state index contributed by atoms with van der Waals surface area (Å²) in [7, 11) is 0. The van der Waals surface area contributed by atoms with Gasteiger partial charge in [0.25, 0.3) is 0 Å². The van der Waals surface area contributed by atoms with Gasteiger partial charge < -0.3 is 4.57 Å². The highest BCUT2D eigenvalue weighted by molar-refractivity contribution is 7.97. The summed E-state index contributed by atoms with van der Waals surface area (Å²) in [6.45, 7) is 4.48. The van der Waals surface area contributed by atoms with E-state index in [1.165, 1.54) is 11.9 Å². The van der Waals surface area contributed by atoms with Crippen molar-refractivity contribution in [2.24, 2.45) is 0 Å². The number of rotatable bonds is 9. The van der Waals surface area contributed by atoms with Gasteiger partial charge in [0.1, 0.15) is 12.7 Å². The van der Waals surface area contributed by atoms with Crippen molar-refractivity contribution >= 4 is 34.5 Å². The van der Waals surface area contributed by atoms with Gasteiger partial charge in [-0.2, -0.15) is 5.26 Å². The highest BCUT2D eigenvalue weighted by Gasteiger charge is 2.20. The number of aromatic nitrogens is 2. The lowest BCUT2D eigenvalue weighted by atomic mass is 10.1. The molecule has 0 saturated heterocycles. The maximum absolute atomic E-state index is 12.9. The topological polar surface area (TPSA) is 53.6 Å². The minimum Gasteiger partial charge on any atom is -0.338 e. The standard InChI is InChI=1S/C22H24ClFN4S/c1-3-5-10-28-21-11-15(23)6-8-18(21)19(13-25)22(28)20-9-7-17(14-26-20)29-27-16(4-2)12-24/h6-9,11,14,16,27H,3-5,10,12H2,1-2H3. The van der Waals surface area contributed by atoms with E-state index in [2.05, 4.69) is 27.3 Å². The molecule has 0 aliphatic heterocycles. The quantitative estimate of drug-likeness (QED) is 0.400. The predicted molar refractivity (Wildman–Crippen MR) is 119 cm³/mol. The number of hydrogen-bond donors (Lipinski definition) is 1. The first-order valence-corrected chi connectivity index (χ1v) is 11.0. The van der Waals surface area contributed by atoms with Crippen LogP contribution in [0.4, 0.5) is 4.39 Å². The van der Waals surface area contributed by atoms with Gasteiger partial charge in [0.15, 0.2) is 0 Å². The Morgan fingerprint density at radius 1 is 1.31 bits per heavy atom. The van der Waals surface area contributed by atoms with E-state index in [1.807, 2.05) is 37.3 Å². The summed E-state index contributed by atoms with van der Waals surface area (Å²) in [4.78, 5) is 5.52. The second-order valence-corrected chi connectivity index (χ2v) is 8.21. The molecule has 7 heteroatoms. The lowest BCUT2D eigenvalue weighted by molar-refractivity contribution is 0.408. The minimum absolute atomic E-state index is 0.175. The number of unbranched alkanes of at least 4 members (excludes halogenated alkanes) is 1. The van der Waals surface area contributed by atoms with Crippen molar-refractivity contribution in [3.05, 3.63) is 47.1 Å². The Morgan fingerprint density at radius 3 is 2.76 bits per heavy atom. The van der Waals surface area contributed by atoms with Crippen LogP contribution in [0.15, 0.2) is 41.4 Å². The number of alkyl halides is 1. The Kier molecular flexibility index (Phi) is 7.54. The molecular weight excluding hydrogens is 407 g/mol. The molecule has 0 aliphatic carbocycles. The van der Waals surface area contributed by atoms with Gasteiger partial charge in [-0.15, -0.1) is 0 Å². The molecule has 1 atom stereocenters. The summed E-state index contributed by atoms with van der Waals surface area (Å²) >= 11 is 7.61. The van der Waals surface area contributed by atoms with E-state index in [0.29, 0.717) is 10.6 Å². The number of hydrogen-bond acceptors (Lipinski definition) is 4. The first-order chi connectivity index (χ1) is 14.1. The van der Waals surface area contributed by atoms with Crippen molar-refractivity contribution in [2.75, 3.05) is 6.67 Å². The van der Waals surface area contributed by atoms with Crippen molar-refractivity contribution in [3.8, 4) is 17.5 Å². The fourth-order valence-corrected chi connectivity index (χ4v) is 4.15. The number of pyridine rings is 1. The number of halogens is 2. The molecule has 0 spiro atoms. The summed E-state index contributed by atoms with van der Waals surface area (Å²) < 4.78 is 18.1. The molecule has 1 N–H and O–H groups in total. The van der Waals surface area contributed by atoms with Crippen LogP contribution in [-0.4, -0.2) is 22.3 Å². The second kappa shape index (κ2) is 10.1. The molecular formula is C22H24ClFN4S. The van der Waals surface area contributed by atoms with Crippen LogP contribution < -0.4 is 4.72 Å². The van der Waals surface area contributed by atoms with E-state index >= 15 is 0 Å². The zero-order chi connectivity index (χ0) is 20.8. The van der Waals surface area contributed by atoms with E-state index in [1.54, 1.807) is 6.20 Å². The molecule has 3 rings (SSSR count). The number of aryl methyl sites for hydroxylation is 1. The summed E-state index contributed by atoms with van der Waals surface area (Å²) in [6, 6.07) is 11.7. The van der Waals surface area contributed by atoms with E-state index in [0.717, 1.165) is 53.0 Å². The van der Waals surface area contributed by atoms with Gasteiger partial charge in [-0.3, -0.25) is 9.71 Å². The third kappa shape index (κ3) is 4.75. The number of nitrogens with one attached hydrogen (secondary N) is 1. The molecule has 0 bridgehead atoms. The van der Waals surface area contributed by atoms with Crippen LogP contribution >= 0.6 is 23.5 Å². The third-order valence-electron chi connectivity index (χ3n) is 4.88. The largest absolute Gasteiger partial charge is 0.338 e. The predicted octanol–water partition coefficient (Wildman–Crippen LogP) is 6.37. The number of nitriles is 1. The molecule has 0 amide bonds. The smallest absolute Gasteiger partial charge is 0.106 e. The van der Waals surface area contributed by atoms with E-state index in [-0.39, 0.29) is 6.04 Å². The fourth-order valence-electron chi connectivity index (χ4n) is 3.21. The molecule has 3 aromatic rings. The number of fused-ring (bicyclic) bond motifs is 1. The van der Waals surface area contributed by atoms with Crippen LogP contribution in [0.1, 0.15) is 38.7 Å². The van der Waals surface area contributed by atoms with Gasteiger partial charge in [-0.05, 0) is 55.1 Å². The Labute approximate surface area is 180 Å². The normalized spacial score (nSPS) is 12.2. The Balaban J connectivity index is 2.01. The highest BCUT2D eigenvalue weighted by Crippen LogP contribution is 2.34. The first kappa shape index (κ1) is 21.6. The molecule has 4 nitrogen and oxygen atoms in total. The Hall–Kier alpha value is -2.07. The maximum Gasteiger partial charge on any atom is 0.106 e. The van der Waals surface area contributed by atoms with Gasteiger partial charge in [0.2, 0.25) is 0 Å². The SMILES string of the molecule is CCCCn1c(-c2ccc(SNC(CC)CF)cn2)c(C#N)c2ccc(Cl)cc21. The molecule has 1 unspecified atom stereocenters. The average Bonchev–Trinajstić information content (AvgIpc) is 3.05. The van der Waals surface area contributed by atoms with Gasteiger partial charge in [-0.25, -0.2) is 4.39 Å². The minimum atomic E-state index is -0.402. The van der Waals surface area contributed by atoms with Crippen molar-refractivity contribution < 1.29 is 4.39 Å². The molecule has 152 valence electrons. The van der Waals surface area contributed by atoms with Crippen LogP contribution in [0, 0.1) is 11.3 Å². The lowest BCUT2D eigenvalue weighted by Crippen LogP contribution is -2.23. The maximum atomic E-state index is 12.9. The Bertz CT molecular complexity index is 1010. The molecule has 0 radical (unpaired) electrons. The van der Waals surface area contributed by atoms with Crippen LogP contribution in [-0.2, 0) is 6.54 Å². The third-order valence-corrected chi connectivity index (χ3v) is 6.04. The average molecular weight is 431 g/mol. The summed E-state index contributed by atoms with van der Waals surface area (Å²) in [6.07, 6.45) is 4.52. The monoisotopic (exact) mass is 430 g/mol. The van der Waals surface area contributed by atoms with E-state index in [4.69, 9.17) is 11.6 Å². The molecule has 0 saturated carbocycles. The van der Waals surface area contributed by atoms with E-state index in [9.17, 15) is 9.65 Å². The van der Waals surface area contributed by atoms with Crippen molar-refractivity contribution in [1.29, 1.82) is 5.26 Å². The van der Waals surface area contributed by atoms with Crippen molar-refractivity contribution in [3.63, 3.8) is 0 Å². The second-order valence-electron chi connectivity index (χ2n) is 6.86. The van der Waals surface area contributed by atoms with Crippen molar-refractivity contribution in [2.45, 2.75) is 50.6 Å². The van der Waals surface area contributed by atoms with Crippen LogP contribution in [0.5, 0.6) is 0 Å². The van der Waals surface area contributed by atoms with Gasteiger partial charge >= 0.3 is 0 Å². The molecule has 0 fully saturated rings. The molecule has 1 aromatic carbocycles. The van der Waals surface area contributed by atoms with Gasteiger partial charge in [0.05, 0.1) is 22.5 Å². The van der Waals surface area contributed by atoms with Crippen LogP contribution in [0.2, 0.25) is 5.02 Å². The lowest BCUT2D eigenvalue weighted by Gasteiger charge is -2.13. The first-order valence-electron chi connectivity index (χ1n) is 9.79. The van der Waals surface area contributed by atoms with Crippen LogP contribution in [0.3, 0.4) is 0 Å². The fraction of sp³-hybridized carbons (Fsp3) is 0.364. The molecule has 2 aromatic heterocycles. The number of nitrogens with zero attached hydrogens (tertiary/aromatic N) is 3. The highest BCUT2D eigenvalue weighted by atomic mass is 35.5. The summed E-state index contributed by atoms with van der Waals surface area (Å²) in [5.74, 6) is 0. The number of benzene rings is 1. The van der Waals surface area contributed by atoms with Crippen LogP contribution in [0.25, 0.3) is 22.3 Å². The van der Waals surface area contributed by atoms with Gasteiger partial charge in [0, 0.05) is 34.1 Å². The van der Waals surface area contributed by atoms with E-state index < -0.39 is 6.67 Å². The van der Waals surface area contributed by atoms with Crippen molar-refractivity contribution in [1.82, 2.24) is 14.3 Å². The zero-order valence-corrected chi connectivity index (χ0v) is 18.2. The summed E-state index contributed by atoms with van der Waals surface area (Å²) in [5, 5.41) is 11.4. The zero-order valence-electron chi connectivity index (χ0n) is 16.6. The molecule has 29 heavy (non-hydrogen) atoms. The Morgan fingerprint density at radius 2 is 2.14 bits per heavy atom.